The predicted molar refractivity (Wildman–Crippen MR) is 87.4 cm³/mol. The molecule has 0 bridgehead atoms. The van der Waals surface area contributed by atoms with Crippen LogP contribution in [0.3, 0.4) is 0 Å². The van der Waals surface area contributed by atoms with Crippen LogP contribution in [0.1, 0.15) is 32.6 Å². The number of benzene rings is 1. The van der Waals surface area contributed by atoms with E-state index >= 15 is 0 Å². The topological polar surface area (TPSA) is 44.4 Å². The summed E-state index contributed by atoms with van der Waals surface area (Å²) >= 11 is 0. The van der Waals surface area contributed by atoms with Gasteiger partial charge in [0.05, 0.1) is 6.54 Å². The highest BCUT2D eigenvalue weighted by atomic mass is 16.1. The van der Waals surface area contributed by atoms with Crippen LogP contribution in [0.5, 0.6) is 0 Å². The maximum Gasteiger partial charge on any atom is 0.239 e. The SMILES string of the molecule is CCCCN1CCC(NC(=O)CNc2ccccc2)CC1. The Balaban J connectivity index is 1.63. The first-order valence-corrected chi connectivity index (χ1v) is 8.08. The molecule has 1 amide bonds. The number of piperidine rings is 1. The number of unbranched alkanes of at least 4 members (excludes halogenated alkanes) is 1. The molecule has 4 heteroatoms. The van der Waals surface area contributed by atoms with Crippen molar-refractivity contribution in [3.05, 3.63) is 30.3 Å². The summed E-state index contributed by atoms with van der Waals surface area (Å²) in [6.45, 7) is 5.99. The second-order valence-electron chi connectivity index (χ2n) is 5.76. The van der Waals surface area contributed by atoms with Crippen molar-refractivity contribution in [2.75, 3.05) is 31.5 Å². The monoisotopic (exact) mass is 289 g/mol. The molecule has 0 spiro atoms. The summed E-state index contributed by atoms with van der Waals surface area (Å²) in [5.74, 6) is 0.0888. The number of nitrogens with one attached hydrogen (secondary N) is 2. The van der Waals surface area contributed by atoms with Gasteiger partial charge < -0.3 is 15.5 Å². The lowest BCUT2D eigenvalue weighted by molar-refractivity contribution is -0.120. The van der Waals surface area contributed by atoms with Crippen LogP contribution in [-0.2, 0) is 4.79 Å². The molecule has 116 valence electrons. The fourth-order valence-corrected chi connectivity index (χ4v) is 2.70. The van der Waals surface area contributed by atoms with Crippen LogP contribution in [-0.4, -0.2) is 43.0 Å². The average molecular weight is 289 g/mol. The summed E-state index contributed by atoms with van der Waals surface area (Å²) in [7, 11) is 0. The predicted octanol–water partition coefficient (Wildman–Crippen LogP) is 2.48. The Morgan fingerprint density at radius 3 is 2.62 bits per heavy atom. The lowest BCUT2D eigenvalue weighted by atomic mass is 10.0. The van der Waals surface area contributed by atoms with Crippen molar-refractivity contribution in [1.29, 1.82) is 0 Å². The fraction of sp³-hybridized carbons (Fsp3) is 0.588. The number of anilines is 1. The van der Waals surface area contributed by atoms with Crippen LogP contribution in [0.4, 0.5) is 5.69 Å². The van der Waals surface area contributed by atoms with Crippen molar-refractivity contribution < 1.29 is 4.79 Å². The van der Waals surface area contributed by atoms with Gasteiger partial charge in [0.1, 0.15) is 0 Å². The summed E-state index contributed by atoms with van der Waals surface area (Å²) in [6, 6.07) is 10.2. The zero-order chi connectivity index (χ0) is 14.9. The van der Waals surface area contributed by atoms with E-state index < -0.39 is 0 Å². The van der Waals surface area contributed by atoms with E-state index in [4.69, 9.17) is 0 Å². The maximum atomic E-state index is 12.0. The van der Waals surface area contributed by atoms with Gasteiger partial charge in [0.2, 0.25) is 5.91 Å². The molecule has 2 N–H and O–H groups in total. The number of hydrogen-bond acceptors (Lipinski definition) is 3. The molecule has 0 aromatic heterocycles. The van der Waals surface area contributed by atoms with Crippen molar-refractivity contribution >= 4 is 11.6 Å². The summed E-state index contributed by atoms with van der Waals surface area (Å²) in [6.07, 6.45) is 4.67. The molecule has 1 aromatic rings. The van der Waals surface area contributed by atoms with Crippen LogP contribution in [0.25, 0.3) is 0 Å². The van der Waals surface area contributed by atoms with E-state index in [1.165, 1.54) is 19.4 Å². The molecule has 0 saturated carbocycles. The molecule has 1 aromatic carbocycles. The first-order chi connectivity index (χ1) is 10.3. The van der Waals surface area contributed by atoms with Crippen LogP contribution >= 0.6 is 0 Å². The Kier molecular flexibility index (Phi) is 6.54. The molecule has 0 atom stereocenters. The Hall–Kier alpha value is -1.55. The molecule has 1 aliphatic heterocycles. The summed E-state index contributed by atoms with van der Waals surface area (Å²) in [5.41, 5.74) is 0.988. The normalized spacial score (nSPS) is 16.6. The van der Waals surface area contributed by atoms with E-state index in [1.54, 1.807) is 0 Å². The highest BCUT2D eigenvalue weighted by Gasteiger charge is 2.19. The minimum Gasteiger partial charge on any atom is -0.376 e. The van der Waals surface area contributed by atoms with Gasteiger partial charge in [0, 0.05) is 24.8 Å². The highest BCUT2D eigenvalue weighted by Crippen LogP contribution is 2.11. The van der Waals surface area contributed by atoms with Crippen molar-refractivity contribution in [3.8, 4) is 0 Å². The van der Waals surface area contributed by atoms with Gasteiger partial charge in [-0.05, 0) is 37.9 Å². The summed E-state index contributed by atoms with van der Waals surface area (Å²) < 4.78 is 0. The van der Waals surface area contributed by atoms with E-state index in [1.807, 2.05) is 30.3 Å². The van der Waals surface area contributed by atoms with E-state index in [9.17, 15) is 4.79 Å². The molecule has 1 saturated heterocycles. The van der Waals surface area contributed by atoms with Gasteiger partial charge in [0.25, 0.3) is 0 Å². The molecule has 1 fully saturated rings. The van der Waals surface area contributed by atoms with Gasteiger partial charge >= 0.3 is 0 Å². The zero-order valence-corrected chi connectivity index (χ0v) is 13.0. The molecule has 21 heavy (non-hydrogen) atoms. The third-order valence-corrected chi connectivity index (χ3v) is 4.01. The number of amides is 1. The first-order valence-electron chi connectivity index (χ1n) is 8.08. The number of para-hydroxylation sites is 1. The number of hydrogen-bond donors (Lipinski definition) is 2. The third-order valence-electron chi connectivity index (χ3n) is 4.01. The Bertz CT molecular complexity index is 413. The number of rotatable bonds is 7. The quantitative estimate of drug-likeness (QED) is 0.810. The van der Waals surface area contributed by atoms with Crippen molar-refractivity contribution in [1.82, 2.24) is 10.2 Å². The van der Waals surface area contributed by atoms with E-state index in [2.05, 4.69) is 22.5 Å². The van der Waals surface area contributed by atoms with Gasteiger partial charge in [-0.15, -0.1) is 0 Å². The third kappa shape index (κ3) is 5.76. The van der Waals surface area contributed by atoms with Crippen LogP contribution < -0.4 is 10.6 Å². The smallest absolute Gasteiger partial charge is 0.239 e. The van der Waals surface area contributed by atoms with Gasteiger partial charge in [0.15, 0.2) is 0 Å². The average Bonchev–Trinajstić information content (AvgIpc) is 2.53. The molecule has 1 aliphatic rings. The molecule has 4 nitrogen and oxygen atoms in total. The molecular formula is C17H27N3O. The molecule has 2 rings (SSSR count). The van der Waals surface area contributed by atoms with Gasteiger partial charge in [-0.2, -0.15) is 0 Å². The highest BCUT2D eigenvalue weighted by molar-refractivity contribution is 5.80. The number of nitrogens with zero attached hydrogens (tertiary/aromatic N) is 1. The lowest BCUT2D eigenvalue weighted by Gasteiger charge is -2.32. The molecule has 0 unspecified atom stereocenters. The van der Waals surface area contributed by atoms with Crippen LogP contribution in [0, 0.1) is 0 Å². The molecule has 0 radical (unpaired) electrons. The lowest BCUT2D eigenvalue weighted by Crippen LogP contribution is -2.46. The standard InChI is InChI=1S/C17H27N3O/c1-2-3-11-20-12-9-16(10-13-20)19-17(21)14-18-15-7-5-4-6-8-15/h4-8,16,18H,2-3,9-14H2,1H3,(H,19,21). The second-order valence-corrected chi connectivity index (χ2v) is 5.76. The minimum absolute atomic E-state index is 0.0888. The molecule has 1 heterocycles. The Labute approximate surface area is 127 Å². The fourth-order valence-electron chi connectivity index (χ4n) is 2.70. The maximum absolute atomic E-state index is 12.0. The van der Waals surface area contributed by atoms with E-state index in [0.717, 1.165) is 31.6 Å². The second kappa shape index (κ2) is 8.67. The Morgan fingerprint density at radius 1 is 1.24 bits per heavy atom. The Morgan fingerprint density at radius 2 is 1.95 bits per heavy atom. The number of likely N-dealkylation sites (tertiary alicyclic amines) is 1. The van der Waals surface area contributed by atoms with Gasteiger partial charge in [-0.3, -0.25) is 4.79 Å². The molecule has 0 aliphatic carbocycles. The number of carbonyl (C=O) groups excluding carboxylic acids is 1. The van der Waals surface area contributed by atoms with E-state index in [-0.39, 0.29) is 5.91 Å². The number of carbonyl (C=O) groups is 1. The van der Waals surface area contributed by atoms with Crippen molar-refractivity contribution in [3.63, 3.8) is 0 Å². The van der Waals surface area contributed by atoms with E-state index in [0.29, 0.717) is 12.6 Å². The van der Waals surface area contributed by atoms with Crippen LogP contribution in [0.2, 0.25) is 0 Å². The van der Waals surface area contributed by atoms with Gasteiger partial charge in [-0.25, -0.2) is 0 Å². The largest absolute Gasteiger partial charge is 0.376 e. The molecular weight excluding hydrogens is 262 g/mol. The minimum atomic E-state index is 0.0888. The van der Waals surface area contributed by atoms with Gasteiger partial charge in [-0.1, -0.05) is 31.5 Å². The van der Waals surface area contributed by atoms with Crippen molar-refractivity contribution in [2.45, 2.75) is 38.6 Å². The summed E-state index contributed by atoms with van der Waals surface area (Å²) in [4.78, 5) is 14.5. The van der Waals surface area contributed by atoms with Crippen molar-refractivity contribution in [2.24, 2.45) is 0 Å². The summed E-state index contributed by atoms with van der Waals surface area (Å²) in [5, 5.41) is 6.29. The van der Waals surface area contributed by atoms with Crippen LogP contribution in [0.15, 0.2) is 30.3 Å². The zero-order valence-electron chi connectivity index (χ0n) is 13.0. The first kappa shape index (κ1) is 15.8.